The predicted octanol–water partition coefficient (Wildman–Crippen LogP) is 3.36. The van der Waals surface area contributed by atoms with E-state index in [0.29, 0.717) is 25.9 Å². The fourth-order valence-corrected chi connectivity index (χ4v) is 5.88. The number of amidine groups is 1. The minimum atomic E-state index is -0.704. The maximum atomic E-state index is 12.8. The smallest absolute Gasteiger partial charge is 0.312 e. The van der Waals surface area contributed by atoms with Crippen LogP contribution in [-0.4, -0.2) is 66.8 Å². The summed E-state index contributed by atoms with van der Waals surface area (Å²) in [7, 11) is 0. The number of esters is 1. The van der Waals surface area contributed by atoms with Crippen LogP contribution in [-0.2, 0) is 14.3 Å². The van der Waals surface area contributed by atoms with Gasteiger partial charge in [-0.05, 0) is 72.1 Å². The number of primary amides is 1. The van der Waals surface area contributed by atoms with Gasteiger partial charge in [-0.2, -0.15) is 0 Å². The Kier molecular flexibility index (Phi) is 11.7. The summed E-state index contributed by atoms with van der Waals surface area (Å²) in [6.45, 7) is 12.6. The van der Waals surface area contributed by atoms with Crippen LogP contribution in [0.4, 0.5) is 9.80 Å². The third-order valence-electron chi connectivity index (χ3n) is 6.91. The molecule has 1 aromatic carbocycles. The standard InChI is InChI=1S/C32H43N7O4S/c1-7-39-28(34)24(18-25(40)43-32(4,5)6)38-27(26-19(2)20(3)44-30(26)39)22-14-12-21(13-15-22)10-8-16-36-29(41)23(33)11-9-17-37-31(35)42/h12-15,23-24,34H,7,9,11,16-18,33H2,1-6H3,(H,36,41)(H3,35,37,42)/t23-,24-/m0/s1. The number of benzene rings is 1. The van der Waals surface area contributed by atoms with E-state index in [-0.39, 0.29) is 24.7 Å². The summed E-state index contributed by atoms with van der Waals surface area (Å²) in [4.78, 5) is 43.9. The Morgan fingerprint density at radius 2 is 1.86 bits per heavy atom. The van der Waals surface area contributed by atoms with Crippen molar-refractivity contribution >= 4 is 45.8 Å². The van der Waals surface area contributed by atoms with Gasteiger partial charge in [-0.15, -0.1) is 11.3 Å². The van der Waals surface area contributed by atoms with E-state index in [1.165, 1.54) is 0 Å². The number of likely N-dealkylation sites (N-methyl/N-ethyl adjacent to an activating group) is 1. The number of anilines is 1. The fraction of sp³-hybridized carbons (Fsp3) is 0.469. The van der Waals surface area contributed by atoms with Crippen LogP contribution in [0.3, 0.4) is 0 Å². The Balaban J connectivity index is 1.79. The molecule has 11 nitrogen and oxygen atoms in total. The molecule has 1 aliphatic heterocycles. The maximum Gasteiger partial charge on any atom is 0.312 e. The Bertz CT molecular complexity index is 1480. The average Bonchev–Trinajstić information content (AvgIpc) is 3.17. The number of carbonyl (C=O) groups is 3. The average molecular weight is 622 g/mol. The molecule has 0 radical (unpaired) electrons. The number of rotatable bonds is 10. The molecule has 12 heteroatoms. The third-order valence-corrected chi connectivity index (χ3v) is 8.14. The lowest BCUT2D eigenvalue weighted by molar-refractivity contribution is -0.154. The van der Waals surface area contributed by atoms with Gasteiger partial charge < -0.3 is 31.7 Å². The molecule has 0 bridgehead atoms. The lowest BCUT2D eigenvalue weighted by Gasteiger charge is -2.25. The minimum absolute atomic E-state index is 0.0354. The van der Waals surface area contributed by atoms with E-state index < -0.39 is 29.7 Å². The van der Waals surface area contributed by atoms with Gasteiger partial charge in [0.1, 0.15) is 22.5 Å². The van der Waals surface area contributed by atoms with E-state index in [2.05, 4.69) is 36.3 Å². The van der Waals surface area contributed by atoms with Crippen molar-refractivity contribution in [3.05, 3.63) is 51.4 Å². The van der Waals surface area contributed by atoms with E-state index in [9.17, 15) is 14.4 Å². The Morgan fingerprint density at radius 1 is 1.18 bits per heavy atom. The van der Waals surface area contributed by atoms with Gasteiger partial charge in [-0.1, -0.05) is 24.0 Å². The number of nitrogens with two attached hydrogens (primary N) is 2. The summed E-state index contributed by atoms with van der Waals surface area (Å²) in [5.74, 6) is 5.55. The SMILES string of the molecule is CCN1C(=N)[C@H](CC(=O)OC(C)(C)C)N=C(c2ccc(C#CCNC(=O)[C@@H](N)CCCNC(N)=O)cc2)c2c1sc(C)c2C. The molecule has 236 valence electrons. The summed E-state index contributed by atoms with van der Waals surface area (Å²) < 4.78 is 5.57. The van der Waals surface area contributed by atoms with E-state index in [0.717, 1.165) is 37.8 Å². The Labute approximate surface area is 263 Å². The van der Waals surface area contributed by atoms with Crippen molar-refractivity contribution < 1.29 is 19.1 Å². The largest absolute Gasteiger partial charge is 0.460 e. The van der Waals surface area contributed by atoms with Crippen LogP contribution in [0.25, 0.3) is 0 Å². The van der Waals surface area contributed by atoms with Crippen LogP contribution in [0, 0.1) is 31.1 Å². The lowest BCUT2D eigenvalue weighted by Crippen LogP contribution is -2.41. The van der Waals surface area contributed by atoms with Crippen LogP contribution < -0.4 is 27.0 Å². The van der Waals surface area contributed by atoms with Gasteiger partial charge in [-0.3, -0.25) is 20.0 Å². The molecule has 0 spiro atoms. The van der Waals surface area contributed by atoms with E-state index in [1.807, 2.05) is 56.9 Å². The molecule has 2 aromatic rings. The molecule has 0 saturated heterocycles. The van der Waals surface area contributed by atoms with Crippen LogP contribution in [0.15, 0.2) is 29.3 Å². The minimum Gasteiger partial charge on any atom is -0.460 e. The van der Waals surface area contributed by atoms with E-state index in [4.69, 9.17) is 26.6 Å². The predicted molar refractivity (Wildman–Crippen MR) is 176 cm³/mol. The van der Waals surface area contributed by atoms with Gasteiger partial charge in [0.15, 0.2) is 0 Å². The number of ether oxygens (including phenoxy) is 1. The number of aryl methyl sites for hydroxylation is 1. The van der Waals surface area contributed by atoms with Crippen LogP contribution >= 0.6 is 11.3 Å². The van der Waals surface area contributed by atoms with Crippen molar-refractivity contribution in [1.29, 1.82) is 5.41 Å². The molecule has 1 aromatic heterocycles. The Morgan fingerprint density at radius 3 is 2.48 bits per heavy atom. The normalized spacial score (nSPS) is 15.2. The number of hydrogen-bond acceptors (Lipinski definition) is 8. The Hall–Kier alpha value is -4.21. The number of amides is 3. The van der Waals surface area contributed by atoms with Crippen molar-refractivity contribution in [2.24, 2.45) is 16.5 Å². The molecule has 2 heterocycles. The molecule has 3 amide bonds. The second-order valence-corrected chi connectivity index (χ2v) is 12.7. The van der Waals surface area contributed by atoms with Gasteiger partial charge in [0.2, 0.25) is 5.91 Å². The monoisotopic (exact) mass is 621 g/mol. The molecule has 0 saturated carbocycles. The van der Waals surface area contributed by atoms with Crippen molar-refractivity contribution in [2.45, 2.75) is 78.5 Å². The van der Waals surface area contributed by atoms with Gasteiger partial charge in [-0.25, -0.2) is 4.79 Å². The van der Waals surface area contributed by atoms with Crippen molar-refractivity contribution in [1.82, 2.24) is 10.6 Å². The summed E-state index contributed by atoms with van der Waals surface area (Å²) in [6.07, 6.45) is 0.905. The highest BCUT2D eigenvalue weighted by Crippen LogP contribution is 2.40. The maximum absolute atomic E-state index is 12.8. The quantitative estimate of drug-likeness (QED) is 0.154. The first-order chi connectivity index (χ1) is 20.7. The molecule has 2 atom stereocenters. The van der Waals surface area contributed by atoms with E-state index in [1.54, 1.807) is 11.3 Å². The van der Waals surface area contributed by atoms with Crippen LogP contribution in [0.2, 0.25) is 0 Å². The topological polar surface area (TPSA) is 176 Å². The van der Waals surface area contributed by atoms with Gasteiger partial charge >= 0.3 is 12.0 Å². The second-order valence-electron chi connectivity index (χ2n) is 11.5. The number of nitrogens with zero attached hydrogens (tertiary/aromatic N) is 2. The van der Waals surface area contributed by atoms with Crippen molar-refractivity contribution in [3.63, 3.8) is 0 Å². The van der Waals surface area contributed by atoms with Gasteiger partial charge in [0, 0.05) is 34.7 Å². The zero-order valence-electron chi connectivity index (χ0n) is 26.3. The number of thiophene rings is 1. The number of fused-ring (bicyclic) bond motifs is 1. The summed E-state index contributed by atoms with van der Waals surface area (Å²) in [5.41, 5.74) is 14.7. The number of nitrogens with one attached hydrogen (secondary N) is 3. The highest BCUT2D eigenvalue weighted by atomic mass is 32.1. The molecule has 7 N–H and O–H groups in total. The summed E-state index contributed by atoms with van der Waals surface area (Å²) in [5, 5.41) is 15.1. The van der Waals surface area contributed by atoms with E-state index >= 15 is 0 Å². The number of hydrogen-bond donors (Lipinski definition) is 5. The molecule has 3 rings (SSSR count). The third kappa shape index (κ3) is 9.14. The van der Waals surface area contributed by atoms with Crippen LogP contribution in [0.1, 0.15) is 74.1 Å². The molecule has 0 unspecified atom stereocenters. The summed E-state index contributed by atoms with van der Waals surface area (Å²) in [6, 6.07) is 5.62. The first-order valence-corrected chi connectivity index (χ1v) is 15.4. The lowest BCUT2D eigenvalue weighted by atomic mass is 9.98. The highest BCUT2D eigenvalue weighted by molar-refractivity contribution is 7.17. The zero-order valence-corrected chi connectivity index (χ0v) is 27.1. The number of aliphatic imine (C=N–C) groups is 1. The van der Waals surface area contributed by atoms with Gasteiger partial charge in [0.05, 0.1) is 24.7 Å². The molecule has 0 fully saturated rings. The highest BCUT2D eigenvalue weighted by Gasteiger charge is 2.34. The first kappa shape index (κ1) is 34.3. The fourth-order valence-electron chi connectivity index (χ4n) is 4.65. The van der Waals surface area contributed by atoms with Crippen molar-refractivity contribution in [2.75, 3.05) is 24.5 Å². The zero-order chi connectivity index (χ0) is 32.6. The first-order valence-electron chi connectivity index (χ1n) is 14.6. The molecular weight excluding hydrogens is 578 g/mol. The van der Waals surface area contributed by atoms with Crippen LogP contribution in [0.5, 0.6) is 0 Å². The molecule has 0 aliphatic carbocycles. The van der Waals surface area contributed by atoms with Crippen molar-refractivity contribution in [3.8, 4) is 11.8 Å². The second kappa shape index (κ2) is 15.0. The molecular formula is C32H43N7O4S. The molecule has 1 aliphatic rings. The molecule has 44 heavy (non-hydrogen) atoms. The number of urea groups is 1. The number of carbonyl (C=O) groups excluding carboxylic acids is 3. The van der Waals surface area contributed by atoms with Gasteiger partial charge in [0.25, 0.3) is 0 Å². The summed E-state index contributed by atoms with van der Waals surface area (Å²) >= 11 is 1.62.